The minimum Gasteiger partial charge on any atom is -0.394 e. The van der Waals surface area contributed by atoms with Crippen LogP contribution in [0.15, 0.2) is 18.2 Å². The van der Waals surface area contributed by atoms with Gasteiger partial charge in [0.25, 0.3) is 5.69 Å². The van der Waals surface area contributed by atoms with Gasteiger partial charge in [0.2, 0.25) is 0 Å². The molecule has 7 heteroatoms. The number of non-ortho nitro benzene ring substituents is 1. The number of nitro benzene ring substituents is 1. The summed E-state index contributed by atoms with van der Waals surface area (Å²) in [5.41, 5.74) is 3.06. The van der Waals surface area contributed by atoms with Gasteiger partial charge in [0, 0.05) is 17.8 Å². The number of anilines is 2. The van der Waals surface area contributed by atoms with Crippen LogP contribution in [-0.4, -0.2) is 22.2 Å². The van der Waals surface area contributed by atoms with Crippen molar-refractivity contribution in [2.24, 2.45) is 5.84 Å². The van der Waals surface area contributed by atoms with Crippen molar-refractivity contribution in [3.63, 3.8) is 0 Å². The van der Waals surface area contributed by atoms with Gasteiger partial charge in [-0.05, 0) is 18.9 Å². The van der Waals surface area contributed by atoms with E-state index < -0.39 is 4.92 Å². The molecule has 0 aromatic heterocycles. The van der Waals surface area contributed by atoms with Crippen molar-refractivity contribution in [2.75, 3.05) is 17.3 Å². The Morgan fingerprint density at radius 1 is 1.32 bits per heavy atom. The molecule has 7 nitrogen and oxygen atoms in total. The van der Waals surface area contributed by atoms with Crippen LogP contribution in [0.4, 0.5) is 17.1 Å². The summed E-state index contributed by atoms with van der Waals surface area (Å²) in [5, 5.41) is 23.6. The molecule has 2 rings (SSSR count). The first-order chi connectivity index (χ1) is 9.08. The first-order valence-corrected chi connectivity index (χ1v) is 6.24. The summed E-state index contributed by atoms with van der Waals surface area (Å²) < 4.78 is 0. The second-order valence-electron chi connectivity index (χ2n) is 4.94. The molecule has 1 aromatic rings. The Balaban J connectivity index is 2.28. The monoisotopic (exact) mass is 266 g/mol. The molecule has 1 saturated carbocycles. The number of nitrogen functional groups attached to an aromatic ring is 1. The summed E-state index contributed by atoms with van der Waals surface area (Å²) in [4.78, 5) is 10.4. The van der Waals surface area contributed by atoms with E-state index in [1.165, 1.54) is 12.1 Å². The second kappa shape index (κ2) is 5.41. The van der Waals surface area contributed by atoms with Crippen LogP contribution in [0, 0.1) is 10.1 Å². The van der Waals surface area contributed by atoms with Crippen LogP contribution in [0.3, 0.4) is 0 Å². The van der Waals surface area contributed by atoms with Crippen LogP contribution in [-0.2, 0) is 0 Å². The minimum absolute atomic E-state index is 0.0150. The van der Waals surface area contributed by atoms with E-state index >= 15 is 0 Å². The van der Waals surface area contributed by atoms with Gasteiger partial charge in [-0.3, -0.25) is 16.0 Å². The van der Waals surface area contributed by atoms with E-state index in [2.05, 4.69) is 10.7 Å². The fraction of sp³-hybridized carbons (Fsp3) is 0.500. The predicted molar refractivity (Wildman–Crippen MR) is 72.8 cm³/mol. The lowest BCUT2D eigenvalue weighted by molar-refractivity contribution is -0.384. The molecule has 1 fully saturated rings. The van der Waals surface area contributed by atoms with E-state index in [9.17, 15) is 15.2 Å². The van der Waals surface area contributed by atoms with Gasteiger partial charge in [-0.1, -0.05) is 12.8 Å². The van der Waals surface area contributed by atoms with Crippen molar-refractivity contribution >= 4 is 17.1 Å². The van der Waals surface area contributed by atoms with Crippen LogP contribution in [0.2, 0.25) is 0 Å². The lowest BCUT2D eigenvalue weighted by Crippen LogP contribution is -2.39. The third-order valence-electron chi connectivity index (χ3n) is 3.57. The Morgan fingerprint density at radius 2 is 1.95 bits per heavy atom. The molecule has 1 aromatic carbocycles. The number of hydrazine groups is 1. The van der Waals surface area contributed by atoms with Gasteiger partial charge in [-0.25, -0.2) is 0 Å². The molecular formula is C12H18N4O3. The molecular weight excluding hydrogens is 248 g/mol. The maximum Gasteiger partial charge on any atom is 0.273 e. The minimum atomic E-state index is -0.466. The molecule has 0 aliphatic heterocycles. The Hall–Kier alpha value is -1.86. The first kappa shape index (κ1) is 13.6. The topological polar surface area (TPSA) is 113 Å². The number of nitrogens with one attached hydrogen (secondary N) is 2. The quantitative estimate of drug-likeness (QED) is 0.365. The smallest absolute Gasteiger partial charge is 0.273 e. The van der Waals surface area contributed by atoms with Gasteiger partial charge in [0.05, 0.1) is 22.8 Å². The lowest BCUT2D eigenvalue weighted by atomic mass is 9.98. The fourth-order valence-corrected chi connectivity index (χ4v) is 2.55. The third kappa shape index (κ3) is 2.94. The average Bonchev–Trinajstić information content (AvgIpc) is 2.87. The zero-order chi connectivity index (χ0) is 13.9. The highest BCUT2D eigenvalue weighted by Crippen LogP contribution is 2.34. The second-order valence-corrected chi connectivity index (χ2v) is 4.94. The zero-order valence-corrected chi connectivity index (χ0v) is 10.6. The van der Waals surface area contributed by atoms with Gasteiger partial charge in [0.15, 0.2) is 0 Å². The number of nitrogens with zero attached hydrogens (tertiary/aromatic N) is 1. The molecule has 19 heavy (non-hydrogen) atoms. The van der Waals surface area contributed by atoms with E-state index in [0.29, 0.717) is 11.4 Å². The molecule has 0 atom stereocenters. The van der Waals surface area contributed by atoms with Gasteiger partial charge < -0.3 is 15.8 Å². The van der Waals surface area contributed by atoms with Crippen molar-refractivity contribution < 1.29 is 10.0 Å². The predicted octanol–water partition coefficient (Wildman–Crippen LogP) is 1.60. The van der Waals surface area contributed by atoms with Gasteiger partial charge in [-0.15, -0.1) is 0 Å². The highest BCUT2D eigenvalue weighted by Gasteiger charge is 2.33. The molecule has 0 amide bonds. The van der Waals surface area contributed by atoms with E-state index in [1.807, 2.05) is 0 Å². The Morgan fingerprint density at radius 3 is 2.47 bits per heavy atom. The summed E-state index contributed by atoms with van der Waals surface area (Å²) >= 11 is 0. The van der Waals surface area contributed by atoms with Crippen molar-refractivity contribution in [3.8, 4) is 0 Å². The van der Waals surface area contributed by atoms with E-state index in [1.54, 1.807) is 6.07 Å². The molecule has 0 bridgehead atoms. The standard InChI is InChI=1S/C12H18N4O3/c13-15-10-5-9(6-11(7-10)16(18)19)14-12(8-17)3-1-2-4-12/h5-7,14-15,17H,1-4,8,13H2. The maximum absolute atomic E-state index is 10.9. The molecule has 1 aliphatic rings. The number of aliphatic hydroxyl groups is 1. The van der Waals surface area contributed by atoms with Gasteiger partial charge >= 0.3 is 0 Å². The number of nitrogens with two attached hydrogens (primary N) is 1. The van der Waals surface area contributed by atoms with Crippen molar-refractivity contribution in [1.29, 1.82) is 0 Å². The molecule has 0 spiro atoms. The highest BCUT2D eigenvalue weighted by atomic mass is 16.6. The summed E-state index contributed by atoms with van der Waals surface area (Å²) in [7, 11) is 0. The molecule has 104 valence electrons. The lowest BCUT2D eigenvalue weighted by Gasteiger charge is -2.29. The fourth-order valence-electron chi connectivity index (χ4n) is 2.55. The molecule has 0 heterocycles. The van der Waals surface area contributed by atoms with E-state index in [-0.39, 0.29) is 17.8 Å². The normalized spacial score (nSPS) is 17.2. The molecule has 0 radical (unpaired) electrons. The van der Waals surface area contributed by atoms with Crippen LogP contribution in [0.25, 0.3) is 0 Å². The molecule has 1 aliphatic carbocycles. The third-order valence-corrected chi connectivity index (χ3v) is 3.57. The number of rotatable bonds is 5. The Bertz CT molecular complexity index is 472. The SMILES string of the molecule is NNc1cc(NC2(CO)CCCC2)cc([N+](=O)[O-])c1. The van der Waals surface area contributed by atoms with Gasteiger partial charge in [0.1, 0.15) is 0 Å². The number of benzene rings is 1. The van der Waals surface area contributed by atoms with Crippen molar-refractivity contribution in [1.82, 2.24) is 0 Å². The van der Waals surface area contributed by atoms with Crippen LogP contribution in [0.5, 0.6) is 0 Å². The van der Waals surface area contributed by atoms with Gasteiger partial charge in [-0.2, -0.15) is 0 Å². The average molecular weight is 266 g/mol. The van der Waals surface area contributed by atoms with Crippen LogP contribution < -0.4 is 16.6 Å². The van der Waals surface area contributed by atoms with Crippen LogP contribution in [0.1, 0.15) is 25.7 Å². The zero-order valence-electron chi connectivity index (χ0n) is 10.6. The number of hydrogen-bond donors (Lipinski definition) is 4. The summed E-state index contributed by atoms with van der Waals surface area (Å²) in [6.07, 6.45) is 3.81. The van der Waals surface area contributed by atoms with E-state index in [4.69, 9.17) is 5.84 Å². The van der Waals surface area contributed by atoms with E-state index in [0.717, 1.165) is 25.7 Å². The van der Waals surface area contributed by atoms with Crippen LogP contribution >= 0.6 is 0 Å². The summed E-state index contributed by atoms with van der Waals surface area (Å²) in [6.45, 7) is 0.0150. The Labute approximate surface area is 110 Å². The number of aliphatic hydroxyl groups excluding tert-OH is 1. The highest BCUT2D eigenvalue weighted by molar-refractivity contribution is 5.63. The van der Waals surface area contributed by atoms with Crippen molar-refractivity contribution in [2.45, 2.75) is 31.2 Å². The molecule has 0 saturated heterocycles. The molecule has 0 unspecified atom stereocenters. The first-order valence-electron chi connectivity index (χ1n) is 6.24. The Kier molecular flexibility index (Phi) is 3.87. The number of nitro groups is 1. The molecule has 5 N–H and O–H groups in total. The maximum atomic E-state index is 10.9. The summed E-state index contributed by atoms with van der Waals surface area (Å²) in [5.74, 6) is 5.31. The van der Waals surface area contributed by atoms with Crippen molar-refractivity contribution in [3.05, 3.63) is 28.3 Å². The summed E-state index contributed by atoms with van der Waals surface area (Å²) in [6, 6.07) is 4.52. The number of hydrogen-bond acceptors (Lipinski definition) is 6. The largest absolute Gasteiger partial charge is 0.394 e.